The summed E-state index contributed by atoms with van der Waals surface area (Å²) in [6, 6.07) is 37.0. The van der Waals surface area contributed by atoms with Gasteiger partial charge in [0.15, 0.2) is 0 Å². The normalized spacial score (nSPS) is 17.0. The van der Waals surface area contributed by atoms with Crippen LogP contribution in [0.1, 0.15) is 67.6 Å². The van der Waals surface area contributed by atoms with Crippen LogP contribution >= 0.6 is 0 Å². The summed E-state index contributed by atoms with van der Waals surface area (Å²) in [6.07, 6.45) is 0.191. The lowest BCUT2D eigenvalue weighted by Crippen LogP contribution is -2.46. The van der Waals surface area contributed by atoms with Crippen molar-refractivity contribution in [2.75, 3.05) is 21.3 Å². The summed E-state index contributed by atoms with van der Waals surface area (Å²) in [7, 11) is 4.24. The van der Waals surface area contributed by atoms with E-state index in [1.54, 1.807) is 19.2 Å². The third-order valence-electron chi connectivity index (χ3n) is 12.6. The van der Waals surface area contributed by atoms with Crippen molar-refractivity contribution >= 4 is 67.6 Å². The highest BCUT2D eigenvalue weighted by atomic mass is 16.5. The van der Waals surface area contributed by atoms with E-state index in [1.165, 1.54) is 19.1 Å². The van der Waals surface area contributed by atoms with Crippen molar-refractivity contribution in [1.29, 1.82) is 0 Å². The number of methoxy groups -OCH3 is 2. The molecule has 0 radical (unpaired) electrons. The van der Waals surface area contributed by atoms with Crippen LogP contribution in [0.25, 0.3) is 54.7 Å². The summed E-state index contributed by atoms with van der Waals surface area (Å²) >= 11 is 0. The van der Waals surface area contributed by atoms with Crippen LogP contribution < -0.4 is 10.6 Å². The summed E-state index contributed by atoms with van der Waals surface area (Å²) in [5.74, 6) is 0.921. The number of imidazole rings is 2. The lowest BCUT2D eigenvalue weighted by molar-refractivity contribution is -0.137. The van der Waals surface area contributed by atoms with Gasteiger partial charge in [0, 0.05) is 23.9 Å². The number of fused-ring (bicyclic) bond motifs is 6. The Kier molecular flexibility index (Phi) is 11.6. The van der Waals surface area contributed by atoms with Crippen LogP contribution in [0.3, 0.4) is 0 Å². The molecule has 0 aliphatic carbocycles. The second kappa shape index (κ2) is 17.8. The van der Waals surface area contributed by atoms with Gasteiger partial charge in [-0.3, -0.25) is 9.59 Å². The number of alkyl carbamates (subject to hydrolysis) is 2. The number of rotatable bonds is 11. The molecule has 4 amide bonds. The van der Waals surface area contributed by atoms with E-state index in [0.29, 0.717) is 22.8 Å². The SMILES string of the molecule is CC[C@@H]1C[C@H](C)[C@@H](c2nc3c(ccc4cc(-c5ccc6c(ccc7[nH]c(CN(C)C(=O)[C@H](NC(=O)OC)c8ccccc8)nc76)c5)ccc43)[nH]2)N1C(=O)[C@H](NC(=O)OC)c1ccccc1. The van der Waals surface area contributed by atoms with Crippen molar-refractivity contribution in [3.8, 4) is 11.1 Å². The number of hydrogen-bond acceptors (Lipinski definition) is 8. The van der Waals surface area contributed by atoms with Crippen LogP contribution in [0.15, 0.2) is 121 Å². The van der Waals surface area contributed by atoms with Crippen molar-refractivity contribution in [2.45, 2.75) is 57.4 Å². The minimum atomic E-state index is -0.925. The fourth-order valence-corrected chi connectivity index (χ4v) is 9.39. The first-order chi connectivity index (χ1) is 31.5. The van der Waals surface area contributed by atoms with E-state index in [9.17, 15) is 19.2 Å². The van der Waals surface area contributed by atoms with Gasteiger partial charge in [-0.05, 0) is 76.1 Å². The average Bonchev–Trinajstić information content (AvgIpc) is 4.06. The standard InChI is InChI=1S/C51H50N8O6/c1-6-36-25-29(2)46(59(36)49(61)43(57-51(63)65-5)31-15-11-8-12-16-31)47-53-40-24-20-35-27-33(18-22-38(35)45(40)55-47)32-17-21-37-34(26-32)19-23-39-44(37)54-41(52-39)28-58(3)48(60)42(56-50(62)64-4)30-13-9-7-10-14-30/h7-24,26-27,29,36,42-43,46H,6,25,28H2,1-5H3,(H,52,54)(H,53,55)(H,56,62)(H,57,63)/t29-,36+,42+,43+,46-/m0/s1. The third-order valence-corrected chi connectivity index (χ3v) is 12.6. The van der Waals surface area contributed by atoms with Crippen LogP contribution in [-0.4, -0.2) is 81.0 Å². The minimum Gasteiger partial charge on any atom is -0.453 e. The van der Waals surface area contributed by atoms with E-state index in [1.807, 2.05) is 65.6 Å². The molecule has 0 unspecified atom stereocenters. The summed E-state index contributed by atoms with van der Waals surface area (Å²) in [6.45, 7) is 4.43. The molecule has 65 heavy (non-hydrogen) atoms. The predicted molar refractivity (Wildman–Crippen MR) is 250 cm³/mol. The Hall–Kier alpha value is -7.74. The molecule has 1 fully saturated rings. The fourth-order valence-electron chi connectivity index (χ4n) is 9.39. The molecule has 14 heteroatoms. The summed E-state index contributed by atoms with van der Waals surface area (Å²) in [4.78, 5) is 73.4. The highest BCUT2D eigenvalue weighted by Crippen LogP contribution is 2.43. The van der Waals surface area contributed by atoms with Gasteiger partial charge < -0.3 is 39.9 Å². The van der Waals surface area contributed by atoms with Gasteiger partial charge in [-0.1, -0.05) is 111 Å². The number of aromatic amines is 2. The Bertz CT molecular complexity index is 3080. The number of ether oxygens (including phenoxy) is 2. The third kappa shape index (κ3) is 8.18. The number of amides is 4. The number of hydrogen-bond donors (Lipinski definition) is 4. The lowest BCUT2D eigenvalue weighted by atomic mass is 9.98. The number of nitrogens with zero attached hydrogens (tertiary/aromatic N) is 4. The number of nitrogens with one attached hydrogen (secondary N) is 4. The highest BCUT2D eigenvalue weighted by molar-refractivity contribution is 6.07. The van der Waals surface area contributed by atoms with Crippen LogP contribution in [0.4, 0.5) is 9.59 Å². The maximum Gasteiger partial charge on any atom is 0.407 e. The monoisotopic (exact) mass is 870 g/mol. The maximum atomic E-state index is 14.6. The van der Waals surface area contributed by atoms with Gasteiger partial charge in [-0.25, -0.2) is 19.6 Å². The summed E-state index contributed by atoms with van der Waals surface area (Å²) < 4.78 is 9.73. The largest absolute Gasteiger partial charge is 0.453 e. The molecule has 14 nitrogen and oxygen atoms in total. The van der Waals surface area contributed by atoms with E-state index in [4.69, 9.17) is 19.4 Å². The van der Waals surface area contributed by atoms with Gasteiger partial charge in [0.1, 0.15) is 23.7 Å². The molecule has 3 heterocycles. The molecule has 5 atom stereocenters. The van der Waals surface area contributed by atoms with Crippen molar-refractivity contribution in [2.24, 2.45) is 5.92 Å². The first-order valence-corrected chi connectivity index (χ1v) is 21.7. The first-order valence-electron chi connectivity index (χ1n) is 21.7. The molecule has 330 valence electrons. The van der Waals surface area contributed by atoms with Gasteiger partial charge in [0.25, 0.3) is 5.91 Å². The molecular formula is C51H50N8O6. The smallest absolute Gasteiger partial charge is 0.407 e. The van der Waals surface area contributed by atoms with Crippen molar-refractivity contribution in [3.63, 3.8) is 0 Å². The molecule has 6 aromatic carbocycles. The Morgan fingerprint density at radius 3 is 1.83 bits per heavy atom. The fraction of sp³-hybridized carbons (Fsp3) is 0.255. The predicted octanol–water partition coefficient (Wildman–Crippen LogP) is 9.25. The van der Waals surface area contributed by atoms with E-state index < -0.39 is 24.3 Å². The minimum absolute atomic E-state index is 0.0392. The number of aromatic nitrogens is 4. The van der Waals surface area contributed by atoms with Crippen molar-refractivity contribution in [1.82, 2.24) is 40.4 Å². The quantitative estimate of drug-likeness (QED) is 0.0995. The highest BCUT2D eigenvalue weighted by Gasteiger charge is 2.46. The number of carbonyl (C=O) groups excluding carboxylic acids is 4. The van der Waals surface area contributed by atoms with Crippen molar-refractivity contribution < 1.29 is 28.7 Å². The zero-order chi connectivity index (χ0) is 45.4. The van der Waals surface area contributed by atoms with Crippen LogP contribution in [0.5, 0.6) is 0 Å². The summed E-state index contributed by atoms with van der Waals surface area (Å²) in [5, 5.41) is 9.45. The summed E-state index contributed by atoms with van der Waals surface area (Å²) in [5.41, 5.74) is 6.76. The molecule has 8 aromatic rings. The molecule has 2 aromatic heterocycles. The molecule has 4 N–H and O–H groups in total. The van der Waals surface area contributed by atoms with Gasteiger partial charge in [0.05, 0.1) is 48.9 Å². The Labute approximate surface area is 375 Å². The lowest BCUT2D eigenvalue weighted by Gasteiger charge is -2.33. The molecule has 1 aliphatic rings. The topological polar surface area (TPSA) is 175 Å². The van der Waals surface area contributed by atoms with Crippen LogP contribution in [-0.2, 0) is 25.6 Å². The second-order valence-corrected chi connectivity index (χ2v) is 16.7. The molecular weight excluding hydrogens is 821 g/mol. The van der Waals surface area contributed by atoms with Gasteiger partial charge >= 0.3 is 12.2 Å². The maximum absolute atomic E-state index is 14.6. The van der Waals surface area contributed by atoms with E-state index in [2.05, 4.69) is 83.0 Å². The van der Waals surface area contributed by atoms with Gasteiger partial charge in [-0.2, -0.15) is 0 Å². The molecule has 0 saturated carbocycles. The Morgan fingerprint density at radius 1 is 0.723 bits per heavy atom. The molecule has 9 rings (SSSR count). The Morgan fingerprint density at radius 2 is 1.26 bits per heavy atom. The second-order valence-electron chi connectivity index (χ2n) is 16.7. The number of likely N-dealkylation sites (N-methyl/N-ethyl adjacent to an activating group) is 1. The zero-order valence-electron chi connectivity index (χ0n) is 36.8. The zero-order valence-corrected chi connectivity index (χ0v) is 36.8. The van der Waals surface area contributed by atoms with E-state index in [-0.39, 0.29) is 36.4 Å². The van der Waals surface area contributed by atoms with E-state index in [0.717, 1.165) is 67.6 Å². The average molecular weight is 871 g/mol. The van der Waals surface area contributed by atoms with Gasteiger partial charge in [-0.15, -0.1) is 0 Å². The first kappa shape index (κ1) is 42.6. The van der Waals surface area contributed by atoms with Crippen LogP contribution in [0.2, 0.25) is 0 Å². The molecule has 1 aliphatic heterocycles. The van der Waals surface area contributed by atoms with Crippen molar-refractivity contribution in [3.05, 3.63) is 144 Å². The molecule has 0 bridgehead atoms. The van der Waals surface area contributed by atoms with E-state index >= 15 is 0 Å². The van der Waals surface area contributed by atoms with Crippen LogP contribution in [0, 0.1) is 5.92 Å². The number of benzene rings is 6. The van der Waals surface area contributed by atoms with Gasteiger partial charge in [0.2, 0.25) is 5.91 Å². The Balaban J connectivity index is 0.976. The number of likely N-dealkylation sites (tertiary alicyclic amines) is 1. The number of carbonyl (C=O) groups is 4. The molecule has 0 spiro atoms. The number of H-pyrrole nitrogens is 2. The molecule has 1 saturated heterocycles.